The molecular weight excluding hydrogens is 427 g/mol. The molecule has 3 aromatic rings. The summed E-state index contributed by atoms with van der Waals surface area (Å²) in [4.78, 5) is 28.5. The minimum absolute atomic E-state index is 0.00724. The topological polar surface area (TPSA) is 71.1 Å². The quantitative estimate of drug-likeness (QED) is 0.587. The predicted octanol–water partition coefficient (Wildman–Crippen LogP) is 5.01. The molecule has 0 aliphatic rings. The van der Waals surface area contributed by atoms with Crippen LogP contribution in [-0.2, 0) is 0 Å². The lowest BCUT2D eigenvalue weighted by atomic mass is 10.2. The number of amides is 2. The van der Waals surface area contributed by atoms with Crippen molar-refractivity contribution in [1.29, 1.82) is 0 Å². The normalized spacial score (nSPS) is 11.2. The molecule has 150 valence electrons. The largest absolute Gasteiger partial charge is 0.405 e. The lowest BCUT2D eigenvalue weighted by molar-refractivity contribution is -0.123. The third-order valence-corrected chi connectivity index (χ3v) is 4.80. The van der Waals surface area contributed by atoms with E-state index in [9.17, 15) is 22.8 Å². The molecule has 0 atom stereocenters. The van der Waals surface area contributed by atoms with Crippen molar-refractivity contribution in [3.05, 3.63) is 70.2 Å². The zero-order valence-corrected chi connectivity index (χ0v) is 16.2. The standard InChI is InChI=1S/C19H13ClF3N3O2S/c20-13-6-4-11(5-7-13)18-26-15(9-29-18)17(28)25-14-3-1-2-12(8-14)16(27)24-10-19(21,22)23/h1-9H,10H2,(H,24,27)(H,25,28). The Balaban J connectivity index is 1.68. The van der Waals surface area contributed by atoms with Gasteiger partial charge in [-0.3, -0.25) is 9.59 Å². The Hall–Kier alpha value is -2.91. The van der Waals surface area contributed by atoms with Gasteiger partial charge in [-0.15, -0.1) is 11.3 Å². The van der Waals surface area contributed by atoms with Gasteiger partial charge in [-0.2, -0.15) is 13.2 Å². The number of anilines is 1. The summed E-state index contributed by atoms with van der Waals surface area (Å²) >= 11 is 7.14. The van der Waals surface area contributed by atoms with E-state index in [0.29, 0.717) is 10.0 Å². The first kappa shape index (κ1) is 20.8. The molecule has 3 rings (SSSR count). The minimum atomic E-state index is -4.51. The number of thiazole rings is 1. The maximum absolute atomic E-state index is 12.4. The van der Waals surface area contributed by atoms with Crippen LogP contribution < -0.4 is 10.6 Å². The molecule has 2 amide bonds. The number of aromatic nitrogens is 1. The third-order valence-electron chi connectivity index (χ3n) is 3.66. The number of carbonyl (C=O) groups excluding carboxylic acids is 2. The zero-order chi connectivity index (χ0) is 21.0. The van der Waals surface area contributed by atoms with Crippen LogP contribution in [-0.4, -0.2) is 29.5 Å². The fourth-order valence-corrected chi connectivity index (χ4v) is 3.25. The number of carbonyl (C=O) groups is 2. The molecular formula is C19H13ClF3N3O2S. The highest BCUT2D eigenvalue weighted by Gasteiger charge is 2.28. The molecule has 0 aliphatic heterocycles. The average molecular weight is 440 g/mol. The van der Waals surface area contributed by atoms with E-state index in [-0.39, 0.29) is 16.9 Å². The van der Waals surface area contributed by atoms with Crippen LogP contribution in [0.15, 0.2) is 53.9 Å². The molecule has 0 fully saturated rings. The highest BCUT2D eigenvalue weighted by atomic mass is 35.5. The molecule has 29 heavy (non-hydrogen) atoms. The van der Waals surface area contributed by atoms with Gasteiger partial charge in [-0.1, -0.05) is 29.8 Å². The van der Waals surface area contributed by atoms with E-state index < -0.39 is 24.5 Å². The van der Waals surface area contributed by atoms with Crippen LogP contribution in [0.2, 0.25) is 5.02 Å². The third kappa shape index (κ3) is 5.78. The van der Waals surface area contributed by atoms with Gasteiger partial charge in [-0.25, -0.2) is 4.98 Å². The molecule has 5 nitrogen and oxygen atoms in total. The van der Waals surface area contributed by atoms with Crippen LogP contribution in [0.4, 0.5) is 18.9 Å². The second-order valence-corrected chi connectivity index (χ2v) is 7.17. The van der Waals surface area contributed by atoms with Crippen molar-refractivity contribution in [3.63, 3.8) is 0 Å². The second-order valence-electron chi connectivity index (χ2n) is 5.88. The van der Waals surface area contributed by atoms with Crippen molar-refractivity contribution in [2.24, 2.45) is 0 Å². The number of hydrogen-bond acceptors (Lipinski definition) is 4. The maximum atomic E-state index is 12.4. The maximum Gasteiger partial charge on any atom is 0.405 e. The van der Waals surface area contributed by atoms with Crippen molar-refractivity contribution in [3.8, 4) is 10.6 Å². The molecule has 0 spiro atoms. The number of rotatable bonds is 5. The van der Waals surface area contributed by atoms with E-state index in [1.54, 1.807) is 35.0 Å². The van der Waals surface area contributed by atoms with E-state index in [2.05, 4.69) is 10.3 Å². The van der Waals surface area contributed by atoms with Crippen LogP contribution in [0.25, 0.3) is 10.6 Å². The lowest BCUT2D eigenvalue weighted by Gasteiger charge is -2.09. The Bertz CT molecular complexity index is 1040. The van der Waals surface area contributed by atoms with Crippen molar-refractivity contribution in [1.82, 2.24) is 10.3 Å². The van der Waals surface area contributed by atoms with E-state index in [1.807, 2.05) is 0 Å². The molecule has 0 unspecified atom stereocenters. The Labute approximate surface area is 172 Å². The van der Waals surface area contributed by atoms with Gasteiger partial charge in [0.05, 0.1) is 0 Å². The molecule has 1 heterocycles. The number of alkyl halides is 3. The number of hydrogen-bond donors (Lipinski definition) is 2. The molecule has 10 heteroatoms. The van der Waals surface area contributed by atoms with Crippen LogP contribution in [0, 0.1) is 0 Å². The smallest absolute Gasteiger partial charge is 0.343 e. The monoisotopic (exact) mass is 439 g/mol. The summed E-state index contributed by atoms with van der Waals surface area (Å²) < 4.78 is 36.7. The molecule has 0 radical (unpaired) electrons. The van der Waals surface area contributed by atoms with Gasteiger partial charge in [0.1, 0.15) is 17.2 Å². The fraction of sp³-hybridized carbons (Fsp3) is 0.105. The van der Waals surface area contributed by atoms with Crippen molar-refractivity contribution >= 4 is 40.4 Å². The zero-order valence-electron chi connectivity index (χ0n) is 14.6. The summed E-state index contributed by atoms with van der Waals surface area (Å²) in [5, 5.41) is 7.16. The first-order valence-corrected chi connectivity index (χ1v) is 9.45. The van der Waals surface area contributed by atoms with Crippen molar-refractivity contribution in [2.75, 3.05) is 11.9 Å². The molecule has 0 bridgehead atoms. The number of halogens is 4. The van der Waals surface area contributed by atoms with Gasteiger partial charge >= 0.3 is 6.18 Å². The Morgan fingerprint density at radius 1 is 1.07 bits per heavy atom. The summed E-state index contributed by atoms with van der Waals surface area (Å²) in [5.41, 5.74) is 1.23. The molecule has 2 aromatic carbocycles. The molecule has 1 aromatic heterocycles. The summed E-state index contributed by atoms with van der Waals surface area (Å²) in [7, 11) is 0. The van der Waals surface area contributed by atoms with Gasteiger partial charge in [0, 0.05) is 27.2 Å². The van der Waals surface area contributed by atoms with Gasteiger partial charge in [-0.05, 0) is 30.3 Å². The summed E-state index contributed by atoms with van der Waals surface area (Å²) in [6.07, 6.45) is -4.51. The van der Waals surface area contributed by atoms with Gasteiger partial charge < -0.3 is 10.6 Å². The Kier molecular flexibility index (Phi) is 6.19. The summed E-state index contributed by atoms with van der Waals surface area (Å²) in [6, 6.07) is 12.6. The van der Waals surface area contributed by atoms with Crippen molar-refractivity contribution < 1.29 is 22.8 Å². The van der Waals surface area contributed by atoms with E-state index in [1.165, 1.54) is 35.6 Å². The summed E-state index contributed by atoms with van der Waals surface area (Å²) in [6.45, 7) is -1.44. The Morgan fingerprint density at radius 3 is 2.48 bits per heavy atom. The molecule has 2 N–H and O–H groups in total. The number of benzene rings is 2. The number of nitrogens with one attached hydrogen (secondary N) is 2. The SMILES string of the molecule is O=C(NCC(F)(F)F)c1cccc(NC(=O)c2csc(-c3ccc(Cl)cc3)n2)c1. The average Bonchev–Trinajstić information content (AvgIpc) is 3.16. The van der Waals surface area contributed by atoms with Gasteiger partial charge in [0.2, 0.25) is 0 Å². The predicted molar refractivity (Wildman–Crippen MR) is 105 cm³/mol. The molecule has 0 saturated carbocycles. The summed E-state index contributed by atoms with van der Waals surface area (Å²) in [5.74, 6) is -1.40. The minimum Gasteiger partial charge on any atom is -0.343 e. The lowest BCUT2D eigenvalue weighted by Crippen LogP contribution is -2.33. The molecule has 0 aliphatic carbocycles. The van der Waals surface area contributed by atoms with E-state index in [4.69, 9.17) is 11.6 Å². The van der Waals surface area contributed by atoms with E-state index >= 15 is 0 Å². The van der Waals surface area contributed by atoms with Crippen LogP contribution in [0.3, 0.4) is 0 Å². The highest BCUT2D eigenvalue weighted by molar-refractivity contribution is 7.13. The first-order valence-electron chi connectivity index (χ1n) is 8.19. The van der Waals surface area contributed by atoms with E-state index in [0.717, 1.165) is 5.56 Å². The first-order chi connectivity index (χ1) is 13.7. The van der Waals surface area contributed by atoms with Crippen LogP contribution in [0.5, 0.6) is 0 Å². The highest BCUT2D eigenvalue weighted by Crippen LogP contribution is 2.25. The fourth-order valence-electron chi connectivity index (χ4n) is 2.32. The van der Waals surface area contributed by atoms with Crippen molar-refractivity contribution in [2.45, 2.75) is 6.18 Å². The second kappa shape index (κ2) is 8.62. The molecule has 0 saturated heterocycles. The van der Waals surface area contributed by atoms with Crippen LogP contribution >= 0.6 is 22.9 Å². The van der Waals surface area contributed by atoms with Gasteiger partial charge in [0.15, 0.2) is 0 Å². The number of nitrogens with zero attached hydrogens (tertiary/aromatic N) is 1. The van der Waals surface area contributed by atoms with Crippen LogP contribution in [0.1, 0.15) is 20.8 Å². The van der Waals surface area contributed by atoms with Gasteiger partial charge in [0.25, 0.3) is 11.8 Å². The Morgan fingerprint density at radius 2 is 1.79 bits per heavy atom.